The number of rotatable bonds is 4. The highest BCUT2D eigenvalue weighted by molar-refractivity contribution is 5.52. The Morgan fingerprint density at radius 1 is 1.12 bits per heavy atom. The van der Waals surface area contributed by atoms with E-state index in [4.69, 9.17) is 0 Å². The van der Waals surface area contributed by atoms with Gasteiger partial charge in [0.05, 0.1) is 25.0 Å². The van der Waals surface area contributed by atoms with Gasteiger partial charge in [0.15, 0.2) is 0 Å². The summed E-state index contributed by atoms with van der Waals surface area (Å²) in [5, 5.41) is 4.48. The fourth-order valence-corrected chi connectivity index (χ4v) is 3.02. The largest absolute Gasteiger partial charge is 0.363 e. The first kappa shape index (κ1) is 15.6. The van der Waals surface area contributed by atoms with E-state index in [1.807, 2.05) is 35.9 Å². The number of anilines is 2. The molecule has 1 aliphatic heterocycles. The molecule has 0 amide bonds. The summed E-state index contributed by atoms with van der Waals surface area (Å²) in [7, 11) is 3.93. The number of hydrogen-bond donors (Lipinski definition) is 0. The zero-order chi connectivity index (χ0) is 17.4. The molecular formula is C18H19FN6. The lowest BCUT2D eigenvalue weighted by Crippen LogP contribution is -2.19. The summed E-state index contributed by atoms with van der Waals surface area (Å²) in [4.78, 5) is 12.8. The summed E-state index contributed by atoms with van der Waals surface area (Å²) in [6.45, 7) is 2.17. The van der Waals surface area contributed by atoms with Crippen LogP contribution in [0.5, 0.6) is 0 Å². The Kier molecular flexibility index (Phi) is 3.83. The summed E-state index contributed by atoms with van der Waals surface area (Å²) in [5.41, 5.74) is 3.41. The minimum absolute atomic E-state index is 0.221. The van der Waals surface area contributed by atoms with Crippen molar-refractivity contribution < 1.29 is 4.39 Å². The SMILES string of the molecule is CN(C)c1cc(N2Cc3cnn(Cc4ccc(F)cc4)c3C2)ncn1. The van der Waals surface area contributed by atoms with Crippen LogP contribution in [-0.2, 0) is 19.6 Å². The molecule has 1 aliphatic rings. The van der Waals surface area contributed by atoms with Crippen molar-refractivity contribution in [2.24, 2.45) is 0 Å². The van der Waals surface area contributed by atoms with E-state index in [0.717, 1.165) is 30.3 Å². The molecule has 0 aliphatic carbocycles. The lowest BCUT2D eigenvalue weighted by molar-refractivity contribution is 0.620. The summed E-state index contributed by atoms with van der Waals surface area (Å²) in [6.07, 6.45) is 3.51. The van der Waals surface area contributed by atoms with Crippen molar-refractivity contribution in [3.8, 4) is 0 Å². The van der Waals surface area contributed by atoms with E-state index in [-0.39, 0.29) is 5.82 Å². The van der Waals surface area contributed by atoms with Gasteiger partial charge in [-0.3, -0.25) is 4.68 Å². The van der Waals surface area contributed by atoms with Gasteiger partial charge in [-0.15, -0.1) is 0 Å². The van der Waals surface area contributed by atoms with Crippen LogP contribution in [0.25, 0.3) is 0 Å². The maximum Gasteiger partial charge on any atom is 0.134 e. The van der Waals surface area contributed by atoms with Crippen LogP contribution in [-0.4, -0.2) is 33.8 Å². The van der Waals surface area contributed by atoms with Crippen LogP contribution in [0.15, 0.2) is 42.9 Å². The number of halogens is 1. The molecule has 0 saturated heterocycles. The topological polar surface area (TPSA) is 50.1 Å². The van der Waals surface area contributed by atoms with Crippen LogP contribution in [0.3, 0.4) is 0 Å². The van der Waals surface area contributed by atoms with Crippen LogP contribution in [0.4, 0.5) is 16.0 Å². The third-order valence-electron chi connectivity index (χ3n) is 4.40. The van der Waals surface area contributed by atoms with Gasteiger partial charge >= 0.3 is 0 Å². The summed E-state index contributed by atoms with van der Waals surface area (Å²) >= 11 is 0. The van der Waals surface area contributed by atoms with Crippen LogP contribution < -0.4 is 9.80 Å². The molecule has 0 unspecified atom stereocenters. The summed E-state index contributed by atoms with van der Waals surface area (Å²) in [5.74, 6) is 1.57. The molecular weight excluding hydrogens is 319 g/mol. The van der Waals surface area contributed by atoms with Gasteiger partial charge in [-0.05, 0) is 17.7 Å². The van der Waals surface area contributed by atoms with Gasteiger partial charge in [0.25, 0.3) is 0 Å². The first-order valence-electron chi connectivity index (χ1n) is 8.12. The quantitative estimate of drug-likeness (QED) is 0.731. The summed E-state index contributed by atoms with van der Waals surface area (Å²) < 4.78 is 15.1. The zero-order valence-corrected chi connectivity index (χ0v) is 14.2. The molecule has 0 atom stereocenters. The molecule has 0 radical (unpaired) electrons. The van der Waals surface area contributed by atoms with Crippen molar-refractivity contribution >= 4 is 11.6 Å². The molecule has 0 spiro atoms. The highest BCUT2D eigenvalue weighted by Gasteiger charge is 2.25. The highest BCUT2D eigenvalue weighted by Crippen LogP contribution is 2.28. The Hall–Kier alpha value is -2.96. The van der Waals surface area contributed by atoms with Crippen molar-refractivity contribution in [2.45, 2.75) is 19.6 Å². The Morgan fingerprint density at radius 3 is 2.68 bits per heavy atom. The van der Waals surface area contributed by atoms with E-state index >= 15 is 0 Å². The van der Waals surface area contributed by atoms with E-state index in [2.05, 4.69) is 20.0 Å². The number of benzene rings is 1. The molecule has 2 aromatic heterocycles. The first-order valence-corrected chi connectivity index (χ1v) is 8.12. The van der Waals surface area contributed by atoms with Gasteiger partial charge in [0.2, 0.25) is 0 Å². The maximum absolute atomic E-state index is 13.1. The second-order valence-corrected chi connectivity index (χ2v) is 6.39. The highest BCUT2D eigenvalue weighted by atomic mass is 19.1. The van der Waals surface area contributed by atoms with Crippen LogP contribution in [0, 0.1) is 5.82 Å². The standard InChI is InChI=1S/C18H19FN6/c1-23(2)17-7-18(21-12-20-17)24-10-14-8-22-25(16(14)11-24)9-13-3-5-15(19)6-4-13/h3-8,12H,9-11H2,1-2H3. The summed E-state index contributed by atoms with van der Waals surface area (Å²) in [6, 6.07) is 8.54. The molecule has 25 heavy (non-hydrogen) atoms. The third kappa shape index (κ3) is 3.05. The molecule has 7 heteroatoms. The minimum atomic E-state index is -0.221. The Balaban J connectivity index is 1.54. The Bertz CT molecular complexity index is 887. The molecule has 6 nitrogen and oxygen atoms in total. The third-order valence-corrected chi connectivity index (χ3v) is 4.40. The van der Waals surface area contributed by atoms with Gasteiger partial charge in [-0.25, -0.2) is 14.4 Å². The fourth-order valence-electron chi connectivity index (χ4n) is 3.02. The molecule has 128 valence electrons. The van der Waals surface area contributed by atoms with Crippen molar-refractivity contribution in [3.63, 3.8) is 0 Å². The van der Waals surface area contributed by atoms with Crippen molar-refractivity contribution in [2.75, 3.05) is 23.9 Å². The van der Waals surface area contributed by atoms with E-state index in [1.54, 1.807) is 18.5 Å². The number of aromatic nitrogens is 4. The second-order valence-electron chi connectivity index (χ2n) is 6.39. The average molecular weight is 338 g/mol. The molecule has 3 heterocycles. The monoisotopic (exact) mass is 338 g/mol. The lowest BCUT2D eigenvalue weighted by Gasteiger charge is -2.19. The van der Waals surface area contributed by atoms with Crippen molar-refractivity contribution in [1.29, 1.82) is 0 Å². The van der Waals surface area contributed by atoms with Crippen LogP contribution in [0.1, 0.15) is 16.8 Å². The maximum atomic E-state index is 13.1. The number of hydrogen-bond acceptors (Lipinski definition) is 5. The van der Waals surface area contributed by atoms with Crippen molar-refractivity contribution in [1.82, 2.24) is 19.7 Å². The van der Waals surface area contributed by atoms with E-state index in [9.17, 15) is 4.39 Å². The average Bonchev–Trinajstić information content (AvgIpc) is 3.19. The van der Waals surface area contributed by atoms with Gasteiger partial charge < -0.3 is 9.80 Å². The van der Waals surface area contributed by atoms with Crippen molar-refractivity contribution in [3.05, 3.63) is 65.5 Å². The van der Waals surface area contributed by atoms with Gasteiger partial charge in [-0.1, -0.05) is 12.1 Å². The first-order chi connectivity index (χ1) is 12.1. The predicted octanol–water partition coefficient (Wildman–Crippen LogP) is 2.45. The van der Waals surface area contributed by atoms with Crippen LogP contribution in [0.2, 0.25) is 0 Å². The molecule has 3 aromatic rings. The number of nitrogens with zero attached hydrogens (tertiary/aromatic N) is 6. The van der Waals surface area contributed by atoms with Gasteiger partial charge in [-0.2, -0.15) is 5.10 Å². The lowest BCUT2D eigenvalue weighted by atomic mass is 10.2. The van der Waals surface area contributed by atoms with Gasteiger partial charge in [0, 0.05) is 32.3 Å². The normalized spacial score (nSPS) is 13.2. The fraction of sp³-hybridized carbons (Fsp3) is 0.278. The molecule has 1 aromatic carbocycles. The molecule has 0 bridgehead atoms. The molecule has 4 rings (SSSR count). The Morgan fingerprint density at radius 2 is 1.92 bits per heavy atom. The predicted molar refractivity (Wildman–Crippen MR) is 94.0 cm³/mol. The van der Waals surface area contributed by atoms with Crippen LogP contribution >= 0.6 is 0 Å². The molecule has 0 N–H and O–H groups in total. The van der Waals surface area contributed by atoms with E-state index in [0.29, 0.717) is 6.54 Å². The smallest absolute Gasteiger partial charge is 0.134 e. The van der Waals surface area contributed by atoms with E-state index in [1.165, 1.54) is 23.4 Å². The zero-order valence-electron chi connectivity index (χ0n) is 14.2. The number of fused-ring (bicyclic) bond motifs is 1. The minimum Gasteiger partial charge on any atom is -0.363 e. The Labute approximate surface area is 145 Å². The van der Waals surface area contributed by atoms with E-state index < -0.39 is 0 Å². The second kappa shape index (κ2) is 6.16. The molecule has 0 fully saturated rings. The van der Waals surface area contributed by atoms with Gasteiger partial charge in [0.1, 0.15) is 23.8 Å². The molecule has 0 saturated carbocycles.